The van der Waals surface area contributed by atoms with Gasteiger partial charge in [-0.3, -0.25) is 4.79 Å². The van der Waals surface area contributed by atoms with Crippen LogP contribution < -0.4 is 10.1 Å². The van der Waals surface area contributed by atoms with E-state index in [1.54, 1.807) is 13.1 Å². The molecule has 92 valence electrons. The molecule has 0 saturated heterocycles. The Morgan fingerprint density at radius 3 is 2.76 bits per heavy atom. The minimum atomic E-state index is -1.00. The van der Waals surface area contributed by atoms with Crippen LogP contribution in [0.3, 0.4) is 0 Å². The maximum atomic E-state index is 11.0. The molecule has 0 atom stereocenters. The smallest absolute Gasteiger partial charge is 0.335 e. The van der Waals surface area contributed by atoms with Crippen LogP contribution >= 0.6 is 22.6 Å². The lowest BCUT2D eigenvalue weighted by Crippen LogP contribution is -2.20. The Bertz CT molecular complexity index is 433. The number of halogens is 1. The maximum Gasteiger partial charge on any atom is 0.335 e. The van der Waals surface area contributed by atoms with Gasteiger partial charge >= 0.3 is 5.97 Å². The first kappa shape index (κ1) is 13.8. The number of ether oxygens (including phenoxy) is 1. The summed E-state index contributed by atoms with van der Waals surface area (Å²) in [5.41, 5.74) is 0.167. The molecule has 0 spiro atoms. The van der Waals surface area contributed by atoms with Crippen molar-refractivity contribution >= 4 is 34.5 Å². The molecule has 6 heteroatoms. The van der Waals surface area contributed by atoms with Gasteiger partial charge < -0.3 is 15.2 Å². The van der Waals surface area contributed by atoms with Crippen LogP contribution in [0.2, 0.25) is 0 Å². The van der Waals surface area contributed by atoms with E-state index in [2.05, 4.69) is 5.32 Å². The predicted molar refractivity (Wildman–Crippen MR) is 70.3 cm³/mol. The average molecular weight is 349 g/mol. The van der Waals surface area contributed by atoms with Gasteiger partial charge in [-0.25, -0.2) is 4.79 Å². The van der Waals surface area contributed by atoms with Gasteiger partial charge in [0.1, 0.15) is 5.75 Å². The molecule has 1 rings (SSSR count). The Labute approximate surface area is 112 Å². The second-order valence-electron chi connectivity index (χ2n) is 3.22. The molecule has 0 aliphatic carbocycles. The normalized spacial score (nSPS) is 9.76. The summed E-state index contributed by atoms with van der Waals surface area (Å²) in [7, 11) is 1.55. The summed E-state index contributed by atoms with van der Waals surface area (Å²) in [4.78, 5) is 21.7. The number of amides is 1. The zero-order valence-electron chi connectivity index (χ0n) is 9.20. The van der Waals surface area contributed by atoms with Crippen LogP contribution in [0, 0.1) is 3.57 Å². The Morgan fingerprint density at radius 1 is 1.47 bits per heavy atom. The van der Waals surface area contributed by atoms with Gasteiger partial charge in [0.25, 0.3) is 0 Å². The zero-order chi connectivity index (χ0) is 12.8. The molecule has 1 amide bonds. The van der Waals surface area contributed by atoms with Crippen molar-refractivity contribution in [2.45, 2.75) is 6.42 Å². The van der Waals surface area contributed by atoms with Gasteiger partial charge in [0.05, 0.1) is 22.2 Å². The molecule has 0 heterocycles. The molecule has 17 heavy (non-hydrogen) atoms. The van der Waals surface area contributed by atoms with Gasteiger partial charge in [0.2, 0.25) is 5.91 Å². The molecule has 5 nitrogen and oxygen atoms in total. The number of hydrogen-bond acceptors (Lipinski definition) is 3. The van der Waals surface area contributed by atoms with Crippen LogP contribution in [-0.4, -0.2) is 30.6 Å². The minimum absolute atomic E-state index is 0.116. The van der Waals surface area contributed by atoms with Crippen molar-refractivity contribution in [3.8, 4) is 5.75 Å². The van der Waals surface area contributed by atoms with E-state index in [1.165, 1.54) is 12.1 Å². The predicted octanol–water partition coefficient (Wildman–Crippen LogP) is 1.50. The first-order chi connectivity index (χ1) is 8.04. The highest BCUT2D eigenvalue weighted by atomic mass is 127. The molecule has 0 radical (unpaired) electrons. The van der Waals surface area contributed by atoms with Crippen molar-refractivity contribution in [2.75, 3.05) is 13.7 Å². The number of carbonyl (C=O) groups excluding carboxylic acids is 1. The van der Waals surface area contributed by atoms with Crippen LogP contribution in [-0.2, 0) is 4.79 Å². The highest BCUT2D eigenvalue weighted by molar-refractivity contribution is 14.1. The van der Waals surface area contributed by atoms with Crippen LogP contribution in [0.5, 0.6) is 5.75 Å². The van der Waals surface area contributed by atoms with E-state index in [1.807, 2.05) is 22.6 Å². The van der Waals surface area contributed by atoms with Crippen molar-refractivity contribution in [1.82, 2.24) is 5.32 Å². The lowest BCUT2D eigenvalue weighted by Gasteiger charge is -2.08. The van der Waals surface area contributed by atoms with E-state index in [0.717, 1.165) is 3.57 Å². The SMILES string of the molecule is CNC(=O)CCOc1cc(C(=O)O)ccc1I. The third kappa shape index (κ3) is 4.22. The van der Waals surface area contributed by atoms with Crippen molar-refractivity contribution in [2.24, 2.45) is 0 Å². The Morgan fingerprint density at radius 2 is 2.18 bits per heavy atom. The summed E-state index contributed by atoms with van der Waals surface area (Å²) >= 11 is 2.05. The number of aromatic carboxylic acids is 1. The van der Waals surface area contributed by atoms with E-state index in [4.69, 9.17) is 9.84 Å². The maximum absolute atomic E-state index is 11.0. The topological polar surface area (TPSA) is 75.6 Å². The molecular weight excluding hydrogens is 337 g/mol. The molecule has 0 aromatic heterocycles. The Kier molecular flexibility index (Phi) is 5.20. The van der Waals surface area contributed by atoms with E-state index in [0.29, 0.717) is 5.75 Å². The fourth-order valence-electron chi connectivity index (χ4n) is 1.13. The monoisotopic (exact) mass is 349 g/mol. The van der Waals surface area contributed by atoms with Crippen LogP contribution in [0.4, 0.5) is 0 Å². The van der Waals surface area contributed by atoms with Gasteiger partial charge in [0, 0.05) is 7.05 Å². The Balaban J connectivity index is 2.66. The van der Waals surface area contributed by atoms with E-state index < -0.39 is 5.97 Å². The number of benzene rings is 1. The van der Waals surface area contributed by atoms with E-state index >= 15 is 0 Å². The highest BCUT2D eigenvalue weighted by Crippen LogP contribution is 2.22. The largest absolute Gasteiger partial charge is 0.492 e. The quantitative estimate of drug-likeness (QED) is 0.791. The number of rotatable bonds is 5. The highest BCUT2D eigenvalue weighted by Gasteiger charge is 2.08. The number of nitrogens with one attached hydrogen (secondary N) is 1. The summed E-state index contributed by atoms with van der Waals surface area (Å²) in [6.45, 7) is 0.221. The second-order valence-corrected chi connectivity index (χ2v) is 4.38. The molecular formula is C11H12INO4. The molecule has 1 aromatic rings. The van der Waals surface area contributed by atoms with Crippen molar-refractivity contribution in [1.29, 1.82) is 0 Å². The first-order valence-corrected chi connectivity index (χ1v) is 5.98. The summed E-state index contributed by atoms with van der Waals surface area (Å²) < 4.78 is 6.18. The zero-order valence-corrected chi connectivity index (χ0v) is 11.4. The summed E-state index contributed by atoms with van der Waals surface area (Å²) in [5, 5.41) is 11.3. The summed E-state index contributed by atoms with van der Waals surface area (Å²) in [5.74, 6) is -0.638. The third-order valence-electron chi connectivity index (χ3n) is 2.04. The van der Waals surface area contributed by atoms with Crippen LogP contribution in [0.15, 0.2) is 18.2 Å². The molecule has 1 aromatic carbocycles. The second kappa shape index (κ2) is 6.43. The number of carbonyl (C=O) groups is 2. The number of hydrogen-bond donors (Lipinski definition) is 2. The van der Waals surface area contributed by atoms with Crippen molar-refractivity contribution < 1.29 is 19.4 Å². The van der Waals surface area contributed by atoms with Gasteiger partial charge in [-0.1, -0.05) is 0 Å². The minimum Gasteiger partial charge on any atom is -0.492 e. The van der Waals surface area contributed by atoms with Crippen LogP contribution in [0.25, 0.3) is 0 Å². The Hall–Kier alpha value is -1.31. The summed E-state index contributed by atoms with van der Waals surface area (Å²) in [6, 6.07) is 4.63. The molecule has 0 bridgehead atoms. The fraction of sp³-hybridized carbons (Fsp3) is 0.273. The summed E-state index contributed by atoms with van der Waals surface area (Å²) in [6.07, 6.45) is 0.240. The lowest BCUT2D eigenvalue weighted by molar-refractivity contribution is -0.121. The van der Waals surface area contributed by atoms with Crippen molar-refractivity contribution in [3.05, 3.63) is 27.3 Å². The average Bonchev–Trinajstić information content (AvgIpc) is 2.30. The standard InChI is InChI=1S/C11H12INO4/c1-13-10(14)4-5-17-9-6-7(11(15)16)2-3-8(9)12/h2-3,6H,4-5H2,1H3,(H,13,14)(H,15,16). The van der Waals surface area contributed by atoms with Gasteiger partial charge in [-0.05, 0) is 40.8 Å². The molecule has 0 aliphatic heterocycles. The number of carboxylic acid groups (broad SMARTS) is 1. The van der Waals surface area contributed by atoms with E-state index in [-0.39, 0.29) is 24.5 Å². The third-order valence-corrected chi connectivity index (χ3v) is 2.93. The fourth-order valence-corrected chi connectivity index (χ4v) is 1.62. The van der Waals surface area contributed by atoms with Crippen LogP contribution in [0.1, 0.15) is 16.8 Å². The molecule has 0 unspecified atom stereocenters. The van der Waals surface area contributed by atoms with E-state index in [9.17, 15) is 9.59 Å². The van der Waals surface area contributed by atoms with Crippen molar-refractivity contribution in [3.63, 3.8) is 0 Å². The molecule has 0 fully saturated rings. The van der Waals surface area contributed by atoms with Gasteiger partial charge in [0.15, 0.2) is 0 Å². The number of carboxylic acids is 1. The lowest BCUT2D eigenvalue weighted by atomic mass is 10.2. The molecule has 0 aliphatic rings. The molecule has 2 N–H and O–H groups in total. The van der Waals surface area contributed by atoms with Gasteiger partial charge in [-0.2, -0.15) is 0 Å². The van der Waals surface area contributed by atoms with Gasteiger partial charge in [-0.15, -0.1) is 0 Å². The molecule has 0 saturated carbocycles. The first-order valence-electron chi connectivity index (χ1n) is 4.91.